The molecule has 4 nitrogen and oxygen atoms in total. The summed E-state index contributed by atoms with van der Waals surface area (Å²) in [7, 11) is 0. The van der Waals surface area contributed by atoms with E-state index in [4.69, 9.17) is 16.0 Å². The highest BCUT2D eigenvalue weighted by atomic mass is 35.5. The number of H-pyrrole nitrogens is 1. The van der Waals surface area contributed by atoms with E-state index in [1.54, 1.807) is 18.3 Å². The number of halogens is 1. The number of oxazole rings is 1. The fourth-order valence-electron chi connectivity index (χ4n) is 1.60. The fraction of sp³-hybridized carbons (Fsp3) is 0. The average Bonchev–Trinajstić information content (AvgIpc) is 2.59. The molecular formula is C10H5ClN2O2. The monoisotopic (exact) mass is 220 g/mol. The number of rotatable bonds is 0. The summed E-state index contributed by atoms with van der Waals surface area (Å²) in [4.78, 5) is 17.7. The third-order valence-electron chi connectivity index (χ3n) is 2.23. The number of nitrogens with zero attached hydrogens (tertiary/aromatic N) is 1. The van der Waals surface area contributed by atoms with Crippen molar-refractivity contribution in [2.24, 2.45) is 0 Å². The number of aromatic amines is 1. The lowest BCUT2D eigenvalue weighted by Crippen LogP contribution is -1.92. The molecule has 74 valence electrons. The first kappa shape index (κ1) is 8.49. The minimum Gasteiger partial charge on any atom is -0.406 e. The summed E-state index contributed by atoms with van der Waals surface area (Å²) < 4.78 is 5.00. The van der Waals surface area contributed by atoms with E-state index >= 15 is 0 Å². The summed E-state index contributed by atoms with van der Waals surface area (Å²) in [5.74, 6) is -0.501. The molecule has 15 heavy (non-hydrogen) atoms. The molecule has 0 radical (unpaired) electrons. The molecule has 0 atom stereocenters. The fourth-order valence-corrected chi connectivity index (χ4v) is 1.86. The van der Waals surface area contributed by atoms with Crippen molar-refractivity contribution in [1.29, 1.82) is 0 Å². The summed E-state index contributed by atoms with van der Waals surface area (Å²) in [5.41, 5.74) is 1.61. The van der Waals surface area contributed by atoms with Crippen LogP contribution in [0.2, 0.25) is 5.02 Å². The Hall–Kier alpha value is -1.81. The Labute approximate surface area is 88.5 Å². The summed E-state index contributed by atoms with van der Waals surface area (Å²) in [6.07, 6.45) is 1.63. The Morgan fingerprint density at radius 2 is 2.33 bits per heavy atom. The normalized spacial score (nSPS) is 11.3. The van der Waals surface area contributed by atoms with Crippen molar-refractivity contribution in [2.45, 2.75) is 0 Å². The first-order valence-corrected chi connectivity index (χ1v) is 4.69. The van der Waals surface area contributed by atoms with Gasteiger partial charge in [0, 0.05) is 11.6 Å². The maximum atomic E-state index is 11.1. The van der Waals surface area contributed by atoms with E-state index in [9.17, 15) is 4.79 Å². The lowest BCUT2D eigenvalue weighted by atomic mass is 10.2. The Morgan fingerprint density at radius 3 is 3.20 bits per heavy atom. The van der Waals surface area contributed by atoms with Crippen LogP contribution >= 0.6 is 11.6 Å². The molecule has 0 fully saturated rings. The highest BCUT2D eigenvalue weighted by molar-refractivity contribution is 6.36. The van der Waals surface area contributed by atoms with Crippen molar-refractivity contribution in [2.75, 3.05) is 0 Å². The molecule has 0 spiro atoms. The van der Waals surface area contributed by atoms with Gasteiger partial charge in [-0.25, -0.2) is 4.79 Å². The molecule has 0 aliphatic heterocycles. The van der Waals surface area contributed by atoms with E-state index in [-0.39, 0.29) is 0 Å². The van der Waals surface area contributed by atoms with Gasteiger partial charge in [-0.15, -0.1) is 0 Å². The Morgan fingerprint density at radius 1 is 1.47 bits per heavy atom. The SMILES string of the molecule is O=c1[nH]c2cc(Cl)c3cccnc3c2o1. The molecule has 3 rings (SSSR count). The molecule has 0 unspecified atom stereocenters. The van der Waals surface area contributed by atoms with Gasteiger partial charge in [0.25, 0.3) is 0 Å². The number of nitrogens with one attached hydrogen (secondary N) is 1. The standard InChI is InChI=1S/C10H5ClN2O2/c11-6-4-7-9(15-10(14)13-7)8-5(6)2-1-3-12-8/h1-4H,(H,13,14). The van der Waals surface area contributed by atoms with Gasteiger partial charge >= 0.3 is 5.76 Å². The summed E-state index contributed by atoms with van der Waals surface area (Å²) in [6.45, 7) is 0. The molecule has 0 aliphatic rings. The molecular weight excluding hydrogens is 216 g/mol. The van der Waals surface area contributed by atoms with Gasteiger partial charge in [-0.1, -0.05) is 11.6 Å². The first-order chi connectivity index (χ1) is 7.25. The van der Waals surface area contributed by atoms with Gasteiger partial charge < -0.3 is 4.42 Å². The lowest BCUT2D eigenvalue weighted by molar-refractivity contribution is 0.557. The molecule has 0 saturated carbocycles. The van der Waals surface area contributed by atoms with E-state index in [0.717, 1.165) is 5.39 Å². The summed E-state index contributed by atoms with van der Waals surface area (Å²) in [6, 6.07) is 5.27. The Kier molecular flexibility index (Phi) is 1.61. The molecule has 0 bridgehead atoms. The highest BCUT2D eigenvalue weighted by Gasteiger charge is 2.09. The molecule has 1 aromatic carbocycles. The minimum absolute atomic E-state index is 0.444. The predicted octanol–water partition coefficient (Wildman–Crippen LogP) is 2.32. The maximum absolute atomic E-state index is 11.1. The second-order valence-corrected chi connectivity index (χ2v) is 3.56. The average molecular weight is 221 g/mol. The second kappa shape index (κ2) is 2.84. The van der Waals surface area contributed by atoms with Gasteiger partial charge in [-0.3, -0.25) is 9.97 Å². The zero-order chi connectivity index (χ0) is 10.4. The van der Waals surface area contributed by atoms with Crippen LogP contribution in [0.1, 0.15) is 0 Å². The number of hydrogen-bond acceptors (Lipinski definition) is 3. The van der Waals surface area contributed by atoms with Crippen LogP contribution in [0.3, 0.4) is 0 Å². The Bertz CT molecular complexity index is 714. The van der Waals surface area contributed by atoms with Crippen molar-refractivity contribution >= 4 is 33.6 Å². The van der Waals surface area contributed by atoms with Crippen LogP contribution in [0, 0.1) is 0 Å². The van der Waals surface area contributed by atoms with Crippen LogP contribution in [0.15, 0.2) is 33.6 Å². The van der Waals surface area contributed by atoms with Crippen LogP contribution in [0.4, 0.5) is 0 Å². The van der Waals surface area contributed by atoms with Gasteiger partial charge in [0.15, 0.2) is 5.58 Å². The third-order valence-corrected chi connectivity index (χ3v) is 2.54. The number of benzene rings is 1. The zero-order valence-electron chi connectivity index (χ0n) is 7.45. The van der Waals surface area contributed by atoms with Gasteiger partial charge in [-0.2, -0.15) is 0 Å². The number of pyridine rings is 1. The molecule has 2 aromatic heterocycles. The molecule has 0 amide bonds. The summed E-state index contributed by atoms with van der Waals surface area (Å²) >= 11 is 6.04. The van der Waals surface area contributed by atoms with E-state index in [0.29, 0.717) is 21.6 Å². The van der Waals surface area contributed by atoms with Crippen molar-refractivity contribution in [1.82, 2.24) is 9.97 Å². The van der Waals surface area contributed by atoms with E-state index in [1.165, 1.54) is 0 Å². The minimum atomic E-state index is -0.501. The van der Waals surface area contributed by atoms with Crippen LogP contribution in [-0.4, -0.2) is 9.97 Å². The molecule has 0 saturated heterocycles. The van der Waals surface area contributed by atoms with Gasteiger partial charge in [-0.05, 0) is 18.2 Å². The highest BCUT2D eigenvalue weighted by Crippen LogP contribution is 2.28. The van der Waals surface area contributed by atoms with E-state index in [1.807, 2.05) is 6.07 Å². The van der Waals surface area contributed by atoms with Gasteiger partial charge in [0.1, 0.15) is 5.52 Å². The number of aromatic nitrogens is 2. The lowest BCUT2D eigenvalue weighted by Gasteiger charge is -1.98. The van der Waals surface area contributed by atoms with Crippen molar-refractivity contribution < 1.29 is 4.42 Å². The maximum Gasteiger partial charge on any atom is 0.417 e. The van der Waals surface area contributed by atoms with E-state index < -0.39 is 5.76 Å². The van der Waals surface area contributed by atoms with Crippen molar-refractivity contribution in [3.05, 3.63) is 40.0 Å². The van der Waals surface area contributed by atoms with Crippen molar-refractivity contribution in [3.8, 4) is 0 Å². The largest absolute Gasteiger partial charge is 0.417 e. The number of hydrogen-bond donors (Lipinski definition) is 1. The second-order valence-electron chi connectivity index (χ2n) is 3.15. The van der Waals surface area contributed by atoms with Crippen LogP contribution in [0.5, 0.6) is 0 Å². The Balaban J connectivity index is 2.68. The predicted molar refractivity (Wildman–Crippen MR) is 57.1 cm³/mol. The number of fused-ring (bicyclic) bond motifs is 3. The van der Waals surface area contributed by atoms with Gasteiger partial charge in [0.2, 0.25) is 0 Å². The van der Waals surface area contributed by atoms with Crippen LogP contribution in [-0.2, 0) is 0 Å². The van der Waals surface area contributed by atoms with E-state index in [2.05, 4.69) is 9.97 Å². The quantitative estimate of drug-likeness (QED) is 0.633. The first-order valence-electron chi connectivity index (χ1n) is 4.32. The molecule has 3 aromatic rings. The van der Waals surface area contributed by atoms with Crippen LogP contribution < -0.4 is 5.76 Å². The van der Waals surface area contributed by atoms with Gasteiger partial charge in [0.05, 0.1) is 10.5 Å². The third kappa shape index (κ3) is 1.15. The summed E-state index contributed by atoms with van der Waals surface area (Å²) in [5, 5.41) is 1.32. The van der Waals surface area contributed by atoms with Crippen molar-refractivity contribution in [3.63, 3.8) is 0 Å². The molecule has 0 aliphatic carbocycles. The molecule has 1 N–H and O–H groups in total. The smallest absolute Gasteiger partial charge is 0.406 e. The zero-order valence-corrected chi connectivity index (χ0v) is 8.21. The molecule has 2 heterocycles. The van der Waals surface area contributed by atoms with Crippen LogP contribution in [0.25, 0.3) is 22.0 Å². The topological polar surface area (TPSA) is 58.9 Å². The molecule has 5 heteroatoms.